The van der Waals surface area contributed by atoms with Crippen LogP contribution >= 0.6 is 0 Å². The summed E-state index contributed by atoms with van der Waals surface area (Å²) in [7, 11) is -2.14. The van der Waals surface area contributed by atoms with Gasteiger partial charge in [-0.05, 0) is 24.2 Å². The minimum atomic E-state index is -3.62. The lowest BCUT2D eigenvalue weighted by atomic mass is 10.2. The maximum atomic E-state index is 13.3. The molecule has 0 atom stereocenters. The van der Waals surface area contributed by atoms with Gasteiger partial charge in [0.2, 0.25) is 10.0 Å². The second-order valence-electron chi connectivity index (χ2n) is 3.95. The number of hydrogen-bond acceptors (Lipinski definition) is 3. The first-order chi connectivity index (χ1) is 8.43. The fraction of sp³-hybridized carbons (Fsp3) is 0.500. The van der Waals surface area contributed by atoms with Crippen molar-refractivity contribution in [1.82, 2.24) is 9.62 Å². The number of nitrogens with one attached hydrogen (secondary N) is 1. The van der Waals surface area contributed by atoms with E-state index in [1.165, 1.54) is 23.5 Å². The standard InChI is InChI=1S/C12H19FN2O2S/c1-4-14-9-10-6-7-11(13)8-12(10)18(16,17)15(3)5-2/h6-8,14H,4-5,9H2,1-3H3. The Morgan fingerprint density at radius 2 is 2.00 bits per heavy atom. The van der Waals surface area contributed by atoms with Crippen molar-refractivity contribution in [3.63, 3.8) is 0 Å². The molecule has 4 nitrogen and oxygen atoms in total. The molecule has 0 aliphatic heterocycles. The summed E-state index contributed by atoms with van der Waals surface area (Å²) in [6.07, 6.45) is 0. The fourth-order valence-corrected chi connectivity index (χ4v) is 2.92. The van der Waals surface area contributed by atoms with Crippen molar-refractivity contribution in [1.29, 1.82) is 0 Å². The summed E-state index contributed by atoms with van der Waals surface area (Å²) < 4.78 is 38.9. The monoisotopic (exact) mass is 274 g/mol. The van der Waals surface area contributed by atoms with Crippen molar-refractivity contribution in [2.24, 2.45) is 0 Å². The molecule has 0 unspecified atom stereocenters. The van der Waals surface area contributed by atoms with Crippen LogP contribution in [0.25, 0.3) is 0 Å². The van der Waals surface area contributed by atoms with Gasteiger partial charge in [0.05, 0.1) is 4.90 Å². The van der Waals surface area contributed by atoms with E-state index in [0.29, 0.717) is 18.7 Å². The zero-order valence-corrected chi connectivity index (χ0v) is 11.7. The molecule has 0 spiro atoms. The van der Waals surface area contributed by atoms with Gasteiger partial charge in [0.25, 0.3) is 0 Å². The SMILES string of the molecule is CCNCc1ccc(F)cc1S(=O)(=O)N(C)CC. The van der Waals surface area contributed by atoms with Crippen LogP contribution in [0.1, 0.15) is 19.4 Å². The van der Waals surface area contributed by atoms with Crippen LogP contribution in [0.2, 0.25) is 0 Å². The van der Waals surface area contributed by atoms with E-state index in [9.17, 15) is 12.8 Å². The Bertz CT molecular complexity index is 503. The van der Waals surface area contributed by atoms with E-state index in [-0.39, 0.29) is 4.90 Å². The molecule has 1 aromatic rings. The van der Waals surface area contributed by atoms with Gasteiger partial charge in [-0.25, -0.2) is 17.1 Å². The highest BCUT2D eigenvalue weighted by Crippen LogP contribution is 2.20. The van der Waals surface area contributed by atoms with Crippen LogP contribution in [0.3, 0.4) is 0 Å². The summed E-state index contributed by atoms with van der Waals surface area (Å²) >= 11 is 0. The van der Waals surface area contributed by atoms with E-state index in [1.54, 1.807) is 6.92 Å². The molecular formula is C12H19FN2O2S. The lowest BCUT2D eigenvalue weighted by molar-refractivity contribution is 0.483. The van der Waals surface area contributed by atoms with Gasteiger partial charge in [0.15, 0.2) is 0 Å². The first kappa shape index (κ1) is 15.1. The van der Waals surface area contributed by atoms with Gasteiger partial charge in [-0.1, -0.05) is 19.9 Å². The smallest absolute Gasteiger partial charge is 0.243 e. The molecule has 0 aliphatic rings. The van der Waals surface area contributed by atoms with E-state index >= 15 is 0 Å². The molecule has 0 aromatic heterocycles. The Balaban J connectivity index is 3.24. The third-order valence-electron chi connectivity index (χ3n) is 2.73. The number of benzene rings is 1. The van der Waals surface area contributed by atoms with Crippen LogP contribution in [0, 0.1) is 5.82 Å². The summed E-state index contributed by atoms with van der Waals surface area (Å²) in [5.41, 5.74) is 0.582. The van der Waals surface area contributed by atoms with Crippen molar-refractivity contribution in [2.75, 3.05) is 20.1 Å². The lowest BCUT2D eigenvalue weighted by Crippen LogP contribution is -2.28. The van der Waals surface area contributed by atoms with E-state index in [2.05, 4.69) is 5.32 Å². The summed E-state index contributed by atoms with van der Waals surface area (Å²) in [4.78, 5) is 0.0350. The average molecular weight is 274 g/mol. The third-order valence-corrected chi connectivity index (χ3v) is 4.74. The normalized spacial score (nSPS) is 12.1. The summed E-state index contributed by atoms with van der Waals surface area (Å²) in [6.45, 7) is 5.14. The van der Waals surface area contributed by atoms with Crippen molar-refractivity contribution in [2.45, 2.75) is 25.3 Å². The Labute approximate surface area is 108 Å². The van der Waals surface area contributed by atoms with Gasteiger partial charge in [-0.15, -0.1) is 0 Å². The first-order valence-corrected chi connectivity index (χ1v) is 7.33. The zero-order chi connectivity index (χ0) is 13.8. The minimum Gasteiger partial charge on any atom is -0.313 e. The van der Waals surface area contributed by atoms with E-state index in [0.717, 1.165) is 12.6 Å². The number of nitrogens with zero attached hydrogens (tertiary/aromatic N) is 1. The number of sulfonamides is 1. The lowest BCUT2D eigenvalue weighted by Gasteiger charge is -2.17. The van der Waals surface area contributed by atoms with E-state index < -0.39 is 15.8 Å². The zero-order valence-electron chi connectivity index (χ0n) is 10.9. The fourth-order valence-electron chi connectivity index (χ4n) is 1.51. The molecule has 0 aliphatic carbocycles. The first-order valence-electron chi connectivity index (χ1n) is 5.89. The average Bonchev–Trinajstić information content (AvgIpc) is 2.36. The summed E-state index contributed by atoms with van der Waals surface area (Å²) in [6, 6.07) is 3.86. The second-order valence-corrected chi connectivity index (χ2v) is 5.96. The van der Waals surface area contributed by atoms with Crippen LogP contribution in [-0.2, 0) is 16.6 Å². The molecule has 102 valence electrons. The molecule has 1 N–H and O–H groups in total. The maximum Gasteiger partial charge on any atom is 0.243 e. The highest BCUT2D eigenvalue weighted by Gasteiger charge is 2.23. The highest BCUT2D eigenvalue weighted by atomic mass is 32.2. The Morgan fingerprint density at radius 3 is 2.56 bits per heavy atom. The van der Waals surface area contributed by atoms with Crippen LogP contribution in [0.4, 0.5) is 4.39 Å². The van der Waals surface area contributed by atoms with Crippen molar-refractivity contribution in [3.8, 4) is 0 Å². The van der Waals surface area contributed by atoms with Crippen molar-refractivity contribution < 1.29 is 12.8 Å². The van der Waals surface area contributed by atoms with Crippen molar-refractivity contribution in [3.05, 3.63) is 29.6 Å². The predicted molar refractivity (Wildman–Crippen MR) is 69.3 cm³/mol. The van der Waals surface area contributed by atoms with Crippen LogP contribution in [0.15, 0.2) is 23.1 Å². The molecule has 0 heterocycles. The Hall–Kier alpha value is -0.980. The molecule has 0 saturated heterocycles. The predicted octanol–water partition coefficient (Wildman–Crippen LogP) is 1.58. The molecule has 0 fully saturated rings. The Morgan fingerprint density at radius 1 is 1.33 bits per heavy atom. The number of hydrogen-bond donors (Lipinski definition) is 1. The van der Waals surface area contributed by atoms with E-state index in [4.69, 9.17) is 0 Å². The van der Waals surface area contributed by atoms with Crippen LogP contribution in [-0.4, -0.2) is 32.9 Å². The van der Waals surface area contributed by atoms with Gasteiger partial charge in [0.1, 0.15) is 5.82 Å². The van der Waals surface area contributed by atoms with Gasteiger partial charge in [-0.2, -0.15) is 0 Å². The van der Waals surface area contributed by atoms with Gasteiger partial charge in [-0.3, -0.25) is 0 Å². The molecule has 1 rings (SSSR count). The molecule has 0 amide bonds. The molecular weight excluding hydrogens is 255 g/mol. The molecule has 6 heteroatoms. The molecule has 0 bridgehead atoms. The van der Waals surface area contributed by atoms with Gasteiger partial charge >= 0.3 is 0 Å². The maximum absolute atomic E-state index is 13.3. The van der Waals surface area contributed by atoms with Gasteiger partial charge < -0.3 is 5.32 Å². The molecule has 0 radical (unpaired) electrons. The van der Waals surface area contributed by atoms with Crippen LogP contribution in [0.5, 0.6) is 0 Å². The third kappa shape index (κ3) is 3.28. The number of halogens is 1. The highest BCUT2D eigenvalue weighted by molar-refractivity contribution is 7.89. The van der Waals surface area contributed by atoms with Crippen molar-refractivity contribution >= 4 is 10.0 Å². The molecule has 1 aromatic carbocycles. The van der Waals surface area contributed by atoms with Gasteiger partial charge in [0, 0.05) is 20.1 Å². The largest absolute Gasteiger partial charge is 0.313 e. The quantitative estimate of drug-likeness (QED) is 0.856. The topological polar surface area (TPSA) is 49.4 Å². The summed E-state index contributed by atoms with van der Waals surface area (Å²) in [5, 5.41) is 3.05. The molecule has 18 heavy (non-hydrogen) atoms. The second kappa shape index (κ2) is 6.26. The number of rotatable bonds is 6. The van der Waals surface area contributed by atoms with Crippen LogP contribution < -0.4 is 5.32 Å². The molecule has 0 saturated carbocycles. The minimum absolute atomic E-state index is 0.0350. The van der Waals surface area contributed by atoms with E-state index in [1.807, 2.05) is 6.92 Å². The summed E-state index contributed by atoms with van der Waals surface area (Å²) in [5.74, 6) is -0.543. The Kier molecular flexibility index (Phi) is 5.25.